The fraction of sp³-hybridized carbons (Fsp3) is 0.375. The SMILES string of the molecule is Cn1nc(C2CCCN2C(OC=O)c2ccccc2)cc1N. The van der Waals surface area contributed by atoms with E-state index in [2.05, 4.69) is 10.00 Å². The van der Waals surface area contributed by atoms with Crippen LogP contribution in [0.5, 0.6) is 0 Å². The number of anilines is 1. The van der Waals surface area contributed by atoms with Crippen LogP contribution in [0.4, 0.5) is 5.82 Å². The molecule has 2 N–H and O–H groups in total. The molecule has 1 saturated heterocycles. The molecule has 0 spiro atoms. The molecule has 6 heteroatoms. The highest BCUT2D eigenvalue weighted by molar-refractivity contribution is 5.39. The Morgan fingerprint density at radius 3 is 2.82 bits per heavy atom. The number of hydrogen-bond acceptors (Lipinski definition) is 5. The first-order valence-electron chi connectivity index (χ1n) is 7.40. The van der Waals surface area contributed by atoms with Crippen molar-refractivity contribution in [3.05, 3.63) is 47.7 Å². The maximum atomic E-state index is 11.0. The minimum absolute atomic E-state index is 0.105. The Labute approximate surface area is 129 Å². The average molecular weight is 300 g/mol. The molecule has 0 amide bonds. The number of nitrogens with zero attached hydrogens (tertiary/aromatic N) is 3. The number of rotatable bonds is 5. The normalized spacial score (nSPS) is 20.0. The third-order valence-electron chi connectivity index (χ3n) is 4.14. The Morgan fingerprint density at radius 2 is 2.18 bits per heavy atom. The Balaban J connectivity index is 1.91. The third-order valence-corrected chi connectivity index (χ3v) is 4.14. The van der Waals surface area contributed by atoms with Gasteiger partial charge in [0.2, 0.25) is 0 Å². The first-order chi connectivity index (χ1) is 10.7. The zero-order valence-corrected chi connectivity index (χ0v) is 12.6. The van der Waals surface area contributed by atoms with Crippen LogP contribution >= 0.6 is 0 Å². The molecule has 1 aromatic carbocycles. The highest BCUT2D eigenvalue weighted by Gasteiger charge is 2.35. The molecule has 2 unspecified atom stereocenters. The minimum Gasteiger partial charge on any atom is -0.444 e. The van der Waals surface area contributed by atoms with Crippen molar-refractivity contribution >= 4 is 12.3 Å². The van der Waals surface area contributed by atoms with Crippen LogP contribution in [0.1, 0.15) is 36.4 Å². The van der Waals surface area contributed by atoms with E-state index in [0.29, 0.717) is 12.3 Å². The predicted molar refractivity (Wildman–Crippen MR) is 82.6 cm³/mol. The topological polar surface area (TPSA) is 73.4 Å². The van der Waals surface area contributed by atoms with Crippen molar-refractivity contribution in [2.24, 2.45) is 7.05 Å². The zero-order chi connectivity index (χ0) is 15.5. The van der Waals surface area contributed by atoms with Crippen LogP contribution in [-0.2, 0) is 16.6 Å². The highest BCUT2D eigenvalue weighted by Crippen LogP contribution is 2.38. The summed E-state index contributed by atoms with van der Waals surface area (Å²) in [4.78, 5) is 13.1. The maximum absolute atomic E-state index is 11.0. The molecule has 0 radical (unpaired) electrons. The van der Waals surface area contributed by atoms with Crippen molar-refractivity contribution in [3.8, 4) is 0 Å². The summed E-state index contributed by atoms with van der Waals surface area (Å²) >= 11 is 0. The van der Waals surface area contributed by atoms with E-state index in [1.165, 1.54) is 0 Å². The van der Waals surface area contributed by atoms with E-state index >= 15 is 0 Å². The molecule has 3 rings (SSSR count). The van der Waals surface area contributed by atoms with Crippen molar-refractivity contribution in [2.45, 2.75) is 25.1 Å². The number of hydrogen-bond donors (Lipinski definition) is 1. The number of ether oxygens (including phenoxy) is 1. The van der Waals surface area contributed by atoms with Gasteiger partial charge in [-0.3, -0.25) is 14.4 Å². The van der Waals surface area contributed by atoms with Crippen LogP contribution in [0.15, 0.2) is 36.4 Å². The first kappa shape index (κ1) is 14.6. The molecule has 2 heterocycles. The summed E-state index contributed by atoms with van der Waals surface area (Å²) < 4.78 is 7.05. The lowest BCUT2D eigenvalue weighted by atomic mass is 10.1. The molecular weight excluding hydrogens is 280 g/mol. The van der Waals surface area contributed by atoms with Gasteiger partial charge in [0.1, 0.15) is 5.82 Å². The molecule has 1 fully saturated rings. The second-order valence-corrected chi connectivity index (χ2v) is 5.51. The molecule has 22 heavy (non-hydrogen) atoms. The van der Waals surface area contributed by atoms with Gasteiger partial charge in [0, 0.05) is 25.2 Å². The fourth-order valence-electron chi connectivity index (χ4n) is 3.07. The lowest BCUT2D eigenvalue weighted by Gasteiger charge is -2.30. The monoisotopic (exact) mass is 300 g/mol. The number of carbonyl (C=O) groups excluding carboxylic acids is 1. The van der Waals surface area contributed by atoms with E-state index in [1.54, 1.807) is 4.68 Å². The second kappa shape index (κ2) is 6.19. The van der Waals surface area contributed by atoms with E-state index in [9.17, 15) is 4.79 Å². The number of nitrogen functional groups attached to an aromatic ring is 1. The van der Waals surface area contributed by atoms with Crippen molar-refractivity contribution < 1.29 is 9.53 Å². The van der Waals surface area contributed by atoms with E-state index in [-0.39, 0.29) is 6.04 Å². The summed E-state index contributed by atoms with van der Waals surface area (Å²) in [5.74, 6) is 0.634. The molecule has 1 aromatic heterocycles. The summed E-state index contributed by atoms with van der Waals surface area (Å²) in [6.45, 7) is 1.37. The zero-order valence-electron chi connectivity index (χ0n) is 12.6. The summed E-state index contributed by atoms with van der Waals surface area (Å²) in [6, 6.07) is 11.8. The summed E-state index contributed by atoms with van der Waals surface area (Å²) in [7, 11) is 1.83. The van der Waals surface area contributed by atoms with Crippen molar-refractivity contribution in [1.29, 1.82) is 0 Å². The molecule has 0 aliphatic carbocycles. The van der Waals surface area contributed by atoms with Gasteiger partial charge in [0.25, 0.3) is 6.47 Å². The van der Waals surface area contributed by atoms with Gasteiger partial charge in [-0.25, -0.2) is 0 Å². The van der Waals surface area contributed by atoms with Crippen LogP contribution in [0.2, 0.25) is 0 Å². The van der Waals surface area contributed by atoms with E-state index in [1.807, 2.05) is 43.4 Å². The Hall–Kier alpha value is -2.34. The molecule has 2 atom stereocenters. The first-order valence-corrected chi connectivity index (χ1v) is 7.40. The molecule has 0 saturated carbocycles. The number of aryl methyl sites for hydroxylation is 1. The van der Waals surface area contributed by atoms with Crippen LogP contribution in [0, 0.1) is 0 Å². The minimum atomic E-state index is -0.394. The smallest absolute Gasteiger partial charge is 0.294 e. The lowest BCUT2D eigenvalue weighted by Crippen LogP contribution is -2.30. The molecule has 116 valence electrons. The van der Waals surface area contributed by atoms with Crippen LogP contribution in [0.25, 0.3) is 0 Å². The molecule has 1 aliphatic heterocycles. The molecule has 1 aliphatic rings. The number of aromatic nitrogens is 2. The Kier molecular flexibility index (Phi) is 4.11. The summed E-state index contributed by atoms with van der Waals surface area (Å²) in [6.07, 6.45) is 1.61. The van der Waals surface area contributed by atoms with E-state index in [0.717, 1.165) is 30.6 Å². The maximum Gasteiger partial charge on any atom is 0.294 e. The lowest BCUT2D eigenvalue weighted by molar-refractivity contribution is -0.145. The Morgan fingerprint density at radius 1 is 1.41 bits per heavy atom. The van der Waals surface area contributed by atoms with E-state index < -0.39 is 6.23 Å². The molecule has 0 bridgehead atoms. The average Bonchev–Trinajstić information content (AvgIpc) is 3.13. The van der Waals surface area contributed by atoms with Crippen molar-refractivity contribution in [1.82, 2.24) is 14.7 Å². The van der Waals surface area contributed by atoms with Gasteiger partial charge in [-0.05, 0) is 12.8 Å². The van der Waals surface area contributed by atoms with Gasteiger partial charge in [-0.2, -0.15) is 5.10 Å². The van der Waals surface area contributed by atoms with Crippen LogP contribution in [0.3, 0.4) is 0 Å². The number of likely N-dealkylation sites (tertiary alicyclic amines) is 1. The van der Waals surface area contributed by atoms with Gasteiger partial charge in [-0.15, -0.1) is 0 Å². The fourth-order valence-corrected chi connectivity index (χ4v) is 3.07. The van der Waals surface area contributed by atoms with E-state index in [4.69, 9.17) is 10.5 Å². The molecular formula is C16H20N4O2. The van der Waals surface area contributed by atoms with Crippen molar-refractivity contribution in [2.75, 3.05) is 12.3 Å². The van der Waals surface area contributed by atoms with Crippen LogP contribution in [-0.4, -0.2) is 27.7 Å². The number of benzene rings is 1. The van der Waals surface area contributed by atoms with Crippen molar-refractivity contribution in [3.63, 3.8) is 0 Å². The predicted octanol–water partition coefficient (Wildman–Crippen LogP) is 2.01. The molecule has 2 aromatic rings. The van der Waals surface area contributed by atoms with Gasteiger partial charge in [0.05, 0.1) is 11.7 Å². The quantitative estimate of drug-likeness (QED) is 0.855. The van der Waals surface area contributed by atoms with Gasteiger partial charge in [0.15, 0.2) is 6.23 Å². The number of nitrogens with two attached hydrogens (primary N) is 1. The Bertz CT molecular complexity index is 621. The largest absolute Gasteiger partial charge is 0.444 e. The molecule has 6 nitrogen and oxygen atoms in total. The third kappa shape index (κ3) is 2.69. The van der Waals surface area contributed by atoms with Crippen LogP contribution < -0.4 is 5.73 Å². The highest BCUT2D eigenvalue weighted by atomic mass is 16.5. The van der Waals surface area contributed by atoms with Gasteiger partial charge >= 0.3 is 0 Å². The van der Waals surface area contributed by atoms with Gasteiger partial charge < -0.3 is 10.5 Å². The second-order valence-electron chi connectivity index (χ2n) is 5.51. The standard InChI is InChI=1S/C16H20N4O2/c1-19-15(17)10-13(18-19)14-8-5-9-20(14)16(22-11-21)12-6-3-2-4-7-12/h2-4,6-7,10-11,14,16H,5,8-9,17H2,1H3. The summed E-state index contributed by atoms with van der Waals surface area (Å²) in [5.41, 5.74) is 7.78. The van der Waals surface area contributed by atoms with Gasteiger partial charge in [-0.1, -0.05) is 30.3 Å². The number of carbonyl (C=O) groups is 1. The summed E-state index contributed by atoms with van der Waals surface area (Å²) in [5, 5.41) is 4.48.